The molecule has 63 heavy (non-hydrogen) atoms. The van der Waals surface area contributed by atoms with Crippen LogP contribution in [0.2, 0.25) is 0 Å². The van der Waals surface area contributed by atoms with E-state index >= 15 is 9.59 Å². The monoisotopic (exact) mass is 903 g/mol. The van der Waals surface area contributed by atoms with Crippen LogP contribution < -0.4 is 0 Å². The van der Waals surface area contributed by atoms with Gasteiger partial charge in [-0.1, -0.05) is 91.8 Å². The first kappa shape index (κ1) is 56.8. The number of aryl methyl sites for hydroxylation is 2. The van der Waals surface area contributed by atoms with E-state index < -0.39 is 11.3 Å². The van der Waals surface area contributed by atoms with Gasteiger partial charge >= 0.3 is 0 Å². The van der Waals surface area contributed by atoms with Gasteiger partial charge in [-0.05, 0) is 102 Å². The Labute approximate surface area is 389 Å². The summed E-state index contributed by atoms with van der Waals surface area (Å²) in [7, 11) is 0. The van der Waals surface area contributed by atoms with Crippen LogP contribution in [0.15, 0.2) is 45.7 Å². The van der Waals surface area contributed by atoms with Crippen LogP contribution >= 0.6 is 11.8 Å². The van der Waals surface area contributed by atoms with Crippen LogP contribution in [0.5, 0.6) is 0 Å². The van der Waals surface area contributed by atoms with E-state index in [4.69, 9.17) is 18.9 Å². The largest absolute Gasteiger partial charge is 0.378 e. The molecule has 1 aliphatic rings. The van der Waals surface area contributed by atoms with Crippen molar-refractivity contribution in [2.75, 3.05) is 158 Å². The fraction of sp³-hybridized carbons (Fsp3) is 0.760. The zero-order valence-electron chi connectivity index (χ0n) is 42.0. The molecule has 0 aromatic heterocycles. The van der Waals surface area contributed by atoms with Crippen LogP contribution in [0.1, 0.15) is 80.4 Å². The zero-order chi connectivity index (χ0) is 46.6. The van der Waals surface area contributed by atoms with Crippen LogP contribution in [0.25, 0.3) is 0 Å². The highest BCUT2D eigenvalue weighted by Crippen LogP contribution is 2.51. The second-order valence-corrected chi connectivity index (χ2v) is 17.7. The molecule has 0 N–H and O–H groups in total. The first-order chi connectivity index (χ1) is 30.4. The summed E-state index contributed by atoms with van der Waals surface area (Å²) in [5, 5.41) is 0. The number of carbonyl (C=O) groups is 2. The van der Waals surface area contributed by atoms with Gasteiger partial charge in [0.05, 0.1) is 52.9 Å². The summed E-state index contributed by atoms with van der Waals surface area (Å²) in [4.78, 5) is 46.7. The van der Waals surface area contributed by atoms with Gasteiger partial charge in [0.25, 0.3) is 0 Å². The van der Waals surface area contributed by atoms with Crippen molar-refractivity contribution in [2.45, 2.75) is 88.0 Å². The zero-order valence-corrected chi connectivity index (χ0v) is 42.8. The molecule has 0 saturated heterocycles. The molecule has 1 aliphatic carbocycles. The topological polar surface area (TPSA) is 90.5 Å². The van der Waals surface area contributed by atoms with Crippen molar-refractivity contribution in [2.24, 2.45) is 11.3 Å². The molecule has 13 heteroatoms. The Morgan fingerprint density at radius 1 is 0.508 bits per heavy atom. The summed E-state index contributed by atoms with van der Waals surface area (Å²) in [6.07, 6.45) is 4.16. The van der Waals surface area contributed by atoms with E-state index in [-0.39, 0.29) is 11.8 Å². The third kappa shape index (κ3) is 19.2. The number of carbonyl (C=O) groups excluding carboxylic acids is 2. The molecule has 1 aromatic carbocycles. The minimum absolute atomic E-state index is 0.221. The van der Waals surface area contributed by atoms with Crippen molar-refractivity contribution in [3.8, 4) is 0 Å². The lowest BCUT2D eigenvalue weighted by Gasteiger charge is -2.45. The third-order valence-corrected chi connectivity index (χ3v) is 13.6. The number of ether oxygens (including phenoxy) is 4. The molecule has 12 nitrogen and oxygen atoms in total. The van der Waals surface area contributed by atoms with E-state index in [0.29, 0.717) is 79.0 Å². The van der Waals surface area contributed by atoms with E-state index in [0.717, 1.165) is 105 Å². The predicted octanol–water partition coefficient (Wildman–Crippen LogP) is 6.95. The van der Waals surface area contributed by atoms with Crippen LogP contribution in [0.4, 0.5) is 0 Å². The summed E-state index contributed by atoms with van der Waals surface area (Å²) in [5.74, 6) is -0.886. The fourth-order valence-corrected chi connectivity index (χ4v) is 9.71. The van der Waals surface area contributed by atoms with Gasteiger partial charge in [-0.3, -0.25) is 9.59 Å². The van der Waals surface area contributed by atoms with E-state index in [9.17, 15) is 0 Å². The number of likely N-dealkylation sites (N-methyl/N-ethyl adjacent to an activating group) is 4. The van der Waals surface area contributed by atoms with E-state index in [1.807, 2.05) is 16.7 Å². The highest BCUT2D eigenvalue weighted by molar-refractivity contribution is 8.03. The van der Waals surface area contributed by atoms with Gasteiger partial charge in [0.15, 0.2) is 5.41 Å². The standard InChI is InChI=1S/C50H90N6O6S/c1-13-51(14-2)21-29-59-33-25-55(26-34-60-30-22-52(15-3)16-4)48(57)50(45(12)38-44(11)41-47(50)63-46-39-42(9)37-43(10)40-46)49(58)56(27-35-61-31-23-53(17-5)18-6)28-36-62-32-24-54(19-7)20-8/h37-41,45H,13-36H2,1-12H3. The van der Waals surface area contributed by atoms with Crippen molar-refractivity contribution in [1.29, 1.82) is 0 Å². The molecular weight excluding hydrogens is 813 g/mol. The van der Waals surface area contributed by atoms with Gasteiger partial charge < -0.3 is 48.3 Å². The van der Waals surface area contributed by atoms with Crippen LogP contribution in [-0.2, 0) is 28.5 Å². The molecule has 1 atom stereocenters. The van der Waals surface area contributed by atoms with Crippen molar-refractivity contribution >= 4 is 23.6 Å². The van der Waals surface area contributed by atoms with Gasteiger partial charge in [-0.25, -0.2) is 0 Å². The first-order valence-corrected chi connectivity index (χ1v) is 25.2. The number of thioether (sulfide) groups is 1. The number of nitrogens with zero attached hydrogens (tertiary/aromatic N) is 6. The van der Waals surface area contributed by atoms with Gasteiger partial charge in [-0.2, -0.15) is 0 Å². The number of amides is 2. The smallest absolute Gasteiger partial charge is 0.244 e. The number of rotatable bonds is 36. The van der Waals surface area contributed by atoms with E-state index in [1.54, 1.807) is 0 Å². The lowest BCUT2D eigenvalue weighted by Crippen LogP contribution is -2.59. The van der Waals surface area contributed by atoms with Gasteiger partial charge in [0, 0.05) is 68.1 Å². The molecule has 0 heterocycles. The number of hydrogen-bond donors (Lipinski definition) is 0. The summed E-state index contributed by atoms with van der Waals surface area (Å²) < 4.78 is 24.9. The van der Waals surface area contributed by atoms with Gasteiger partial charge in [-0.15, -0.1) is 0 Å². The van der Waals surface area contributed by atoms with Crippen LogP contribution in [-0.4, -0.2) is 199 Å². The maximum Gasteiger partial charge on any atom is 0.244 e. The predicted molar refractivity (Wildman–Crippen MR) is 263 cm³/mol. The minimum Gasteiger partial charge on any atom is -0.378 e. The van der Waals surface area contributed by atoms with Gasteiger partial charge in [0.1, 0.15) is 0 Å². The minimum atomic E-state index is -1.55. The molecule has 0 saturated carbocycles. The maximum atomic E-state index is 16.0. The average Bonchev–Trinajstić information content (AvgIpc) is 3.26. The van der Waals surface area contributed by atoms with Crippen molar-refractivity contribution in [3.63, 3.8) is 0 Å². The molecule has 2 rings (SSSR count). The van der Waals surface area contributed by atoms with Gasteiger partial charge in [0.2, 0.25) is 11.8 Å². The molecule has 0 fully saturated rings. The SMILES string of the molecule is CCN(CC)CCOCCN(CCOCCN(CC)CC)C(=O)C1(C(=O)N(CCOCCN(CC)CC)CCOCCN(CC)CC)C(Sc2cc(C)cc(C)c2)=CC(C)=CC1C. The van der Waals surface area contributed by atoms with E-state index in [2.05, 4.69) is 126 Å². The number of hydrogen-bond acceptors (Lipinski definition) is 11. The second kappa shape index (κ2) is 32.4. The number of benzene rings is 1. The summed E-state index contributed by atoms with van der Waals surface area (Å²) in [6, 6.07) is 6.45. The lowest BCUT2D eigenvalue weighted by molar-refractivity contribution is -0.157. The van der Waals surface area contributed by atoms with Crippen molar-refractivity contribution in [3.05, 3.63) is 52.0 Å². The van der Waals surface area contributed by atoms with E-state index in [1.165, 1.54) is 11.8 Å². The Morgan fingerprint density at radius 3 is 1.11 bits per heavy atom. The Morgan fingerprint density at radius 2 is 0.810 bits per heavy atom. The highest BCUT2D eigenvalue weighted by Gasteiger charge is 2.57. The average molecular weight is 903 g/mol. The Hall–Kier alpha value is -2.33. The quantitative estimate of drug-likeness (QED) is 0.0518. The lowest BCUT2D eigenvalue weighted by atomic mass is 9.69. The fourth-order valence-electron chi connectivity index (χ4n) is 8.20. The van der Waals surface area contributed by atoms with Crippen molar-refractivity contribution < 1.29 is 28.5 Å². The highest BCUT2D eigenvalue weighted by atomic mass is 32.2. The molecule has 0 spiro atoms. The summed E-state index contributed by atoms with van der Waals surface area (Å²) >= 11 is 1.54. The Bertz CT molecular complexity index is 1350. The summed E-state index contributed by atoms with van der Waals surface area (Å²) in [6.45, 7) is 41.5. The normalized spacial score (nSPS) is 15.1. The summed E-state index contributed by atoms with van der Waals surface area (Å²) in [5.41, 5.74) is 1.75. The molecule has 2 amide bonds. The van der Waals surface area contributed by atoms with Crippen molar-refractivity contribution in [1.82, 2.24) is 29.4 Å². The molecular formula is C50H90N6O6S. The molecule has 0 aliphatic heterocycles. The molecule has 362 valence electrons. The second-order valence-electron chi connectivity index (χ2n) is 16.6. The molecule has 1 unspecified atom stereocenters. The molecule has 1 aromatic rings. The van der Waals surface area contributed by atoms with Crippen LogP contribution in [0, 0.1) is 25.2 Å². The number of allylic oxidation sites excluding steroid dienone is 3. The Kier molecular flexibility index (Phi) is 29.2. The maximum absolute atomic E-state index is 16.0. The molecule has 0 bridgehead atoms. The van der Waals surface area contributed by atoms with Crippen LogP contribution in [0.3, 0.4) is 0 Å². The molecule has 0 radical (unpaired) electrons. The first-order valence-electron chi connectivity index (χ1n) is 24.3. The third-order valence-electron chi connectivity index (χ3n) is 12.4. The Balaban J connectivity index is 2.66.